The molecule has 0 spiro atoms. The van der Waals surface area contributed by atoms with Crippen LogP contribution in [-0.4, -0.2) is 38.9 Å². The van der Waals surface area contributed by atoms with Gasteiger partial charge in [-0.15, -0.1) is 0 Å². The number of hydrazone groups is 1. The zero-order chi connectivity index (χ0) is 20.5. The molecule has 0 saturated carbocycles. The molecule has 0 bridgehead atoms. The first kappa shape index (κ1) is 19.0. The number of anilines is 1. The van der Waals surface area contributed by atoms with E-state index in [0.717, 1.165) is 22.8 Å². The van der Waals surface area contributed by atoms with Crippen molar-refractivity contribution < 1.29 is 4.79 Å². The molecule has 5 rings (SSSR count). The highest BCUT2D eigenvalue weighted by molar-refractivity contribution is 8.14. The van der Waals surface area contributed by atoms with Crippen LogP contribution >= 0.6 is 11.8 Å². The number of hydrogen-bond acceptors (Lipinski definition) is 7. The number of benzene rings is 2. The number of nitrogens with one attached hydrogen (secondary N) is 3. The van der Waals surface area contributed by atoms with Crippen molar-refractivity contribution in [2.24, 2.45) is 5.10 Å². The minimum atomic E-state index is -0.0361. The van der Waals surface area contributed by atoms with Crippen LogP contribution in [0.4, 0.5) is 5.69 Å². The molecule has 3 aliphatic heterocycles. The quantitative estimate of drug-likeness (QED) is 0.706. The Kier molecular flexibility index (Phi) is 5.10. The van der Waals surface area contributed by atoms with E-state index >= 15 is 0 Å². The van der Waals surface area contributed by atoms with Gasteiger partial charge in [0.15, 0.2) is 5.17 Å². The lowest BCUT2D eigenvalue weighted by Gasteiger charge is -2.36. The van der Waals surface area contributed by atoms with Crippen LogP contribution in [0.1, 0.15) is 23.6 Å². The Balaban J connectivity index is 1.18. The molecule has 1 fully saturated rings. The van der Waals surface area contributed by atoms with Crippen LogP contribution in [0, 0.1) is 6.92 Å². The molecule has 3 atom stereocenters. The van der Waals surface area contributed by atoms with Crippen LogP contribution < -0.4 is 16.2 Å². The summed E-state index contributed by atoms with van der Waals surface area (Å²) in [6.07, 6.45) is 5.11. The van der Waals surface area contributed by atoms with E-state index in [9.17, 15) is 4.79 Å². The summed E-state index contributed by atoms with van der Waals surface area (Å²) in [6.45, 7) is 2.01. The summed E-state index contributed by atoms with van der Waals surface area (Å²) in [5.74, 6) is 0.274. The Bertz CT molecular complexity index is 994. The van der Waals surface area contributed by atoms with Crippen molar-refractivity contribution in [3.63, 3.8) is 0 Å². The topological polar surface area (TPSA) is 72.0 Å². The van der Waals surface area contributed by atoms with Gasteiger partial charge in [0.05, 0.1) is 17.8 Å². The molecular weight excluding hydrogens is 396 g/mol. The first-order valence-electron chi connectivity index (χ1n) is 10.1. The molecule has 0 aromatic heterocycles. The number of rotatable bonds is 4. The third kappa shape index (κ3) is 3.76. The van der Waals surface area contributed by atoms with Crippen molar-refractivity contribution in [1.82, 2.24) is 20.8 Å². The minimum absolute atomic E-state index is 0.0361. The molecule has 0 aliphatic carbocycles. The normalized spacial score (nSPS) is 24.2. The van der Waals surface area contributed by atoms with Crippen molar-refractivity contribution in [2.45, 2.75) is 31.6 Å². The Labute approximate surface area is 180 Å². The minimum Gasteiger partial charge on any atom is -0.325 e. The third-order valence-electron chi connectivity index (χ3n) is 5.54. The van der Waals surface area contributed by atoms with Gasteiger partial charge in [-0.25, -0.2) is 5.43 Å². The van der Waals surface area contributed by atoms with Gasteiger partial charge >= 0.3 is 0 Å². The molecule has 3 N–H and O–H groups in total. The van der Waals surface area contributed by atoms with Crippen molar-refractivity contribution in [3.8, 4) is 0 Å². The summed E-state index contributed by atoms with van der Waals surface area (Å²) in [5, 5.41) is 10.4. The highest BCUT2D eigenvalue weighted by Gasteiger charge is 2.44. The first-order valence-corrected chi connectivity index (χ1v) is 11.0. The lowest BCUT2D eigenvalue weighted by molar-refractivity contribution is -0.113. The molecule has 3 aliphatic rings. The maximum atomic E-state index is 12.4. The number of hydrazine groups is 1. The van der Waals surface area contributed by atoms with E-state index < -0.39 is 0 Å². The van der Waals surface area contributed by atoms with Crippen LogP contribution in [0.2, 0.25) is 0 Å². The predicted molar refractivity (Wildman–Crippen MR) is 120 cm³/mol. The second kappa shape index (κ2) is 8.04. The van der Waals surface area contributed by atoms with E-state index in [-0.39, 0.29) is 24.2 Å². The molecule has 0 radical (unpaired) electrons. The fourth-order valence-corrected chi connectivity index (χ4v) is 4.88. The summed E-state index contributed by atoms with van der Waals surface area (Å²) in [7, 11) is 0. The van der Waals surface area contributed by atoms with E-state index in [4.69, 9.17) is 0 Å². The number of carbonyl (C=O) groups excluding carboxylic acids is 1. The number of fused-ring (bicyclic) bond motifs is 3. The van der Waals surface area contributed by atoms with E-state index in [0.29, 0.717) is 5.75 Å². The zero-order valence-electron chi connectivity index (χ0n) is 16.7. The maximum Gasteiger partial charge on any atom is 0.234 e. The highest BCUT2D eigenvalue weighted by atomic mass is 32.2. The Morgan fingerprint density at radius 2 is 2.07 bits per heavy atom. The second-order valence-corrected chi connectivity index (χ2v) is 8.63. The van der Waals surface area contributed by atoms with Crippen molar-refractivity contribution in [1.29, 1.82) is 0 Å². The Morgan fingerprint density at radius 1 is 1.20 bits per heavy atom. The van der Waals surface area contributed by atoms with Gasteiger partial charge in [-0.1, -0.05) is 54.2 Å². The molecule has 1 saturated heterocycles. The average Bonchev–Trinajstić information content (AvgIpc) is 3.37. The largest absolute Gasteiger partial charge is 0.325 e. The third-order valence-corrected chi connectivity index (χ3v) is 6.51. The Morgan fingerprint density at radius 3 is 2.90 bits per heavy atom. The molecule has 2 aromatic rings. The van der Waals surface area contributed by atoms with Gasteiger partial charge in [-0.2, -0.15) is 5.10 Å². The monoisotopic (exact) mass is 420 g/mol. The molecule has 2 aromatic carbocycles. The average molecular weight is 421 g/mol. The number of nitrogens with zero attached hydrogens (tertiary/aromatic N) is 3. The molecule has 8 heteroatoms. The molecule has 1 amide bonds. The van der Waals surface area contributed by atoms with Gasteiger partial charge in [0, 0.05) is 18.1 Å². The van der Waals surface area contributed by atoms with Gasteiger partial charge in [-0.05, 0) is 36.6 Å². The Hall–Kier alpha value is -2.97. The van der Waals surface area contributed by atoms with Crippen molar-refractivity contribution >= 4 is 28.5 Å². The fourth-order valence-electron chi connectivity index (χ4n) is 4.10. The number of amidine groups is 1. The lowest BCUT2D eigenvalue weighted by atomic mass is 10.00. The van der Waals surface area contributed by atoms with Crippen LogP contribution in [0.5, 0.6) is 0 Å². The summed E-state index contributed by atoms with van der Waals surface area (Å²) in [4.78, 5) is 14.5. The number of hydrogen-bond donors (Lipinski definition) is 3. The van der Waals surface area contributed by atoms with Crippen LogP contribution in [0.25, 0.3) is 0 Å². The van der Waals surface area contributed by atoms with E-state index in [1.807, 2.05) is 43.5 Å². The van der Waals surface area contributed by atoms with Gasteiger partial charge < -0.3 is 15.2 Å². The molecule has 3 heterocycles. The van der Waals surface area contributed by atoms with Gasteiger partial charge in [-0.3, -0.25) is 10.2 Å². The lowest BCUT2D eigenvalue weighted by Crippen LogP contribution is -2.54. The van der Waals surface area contributed by atoms with Crippen LogP contribution in [0.3, 0.4) is 0 Å². The highest BCUT2D eigenvalue weighted by Crippen LogP contribution is 2.34. The molecule has 7 nitrogen and oxygen atoms in total. The van der Waals surface area contributed by atoms with Gasteiger partial charge in [0.1, 0.15) is 6.17 Å². The number of amides is 1. The fraction of sp³-hybridized carbons (Fsp3) is 0.273. The van der Waals surface area contributed by atoms with Crippen LogP contribution in [0.15, 0.2) is 72.1 Å². The number of thioether (sulfide) groups is 1. The van der Waals surface area contributed by atoms with Crippen molar-refractivity contribution in [3.05, 3.63) is 78.1 Å². The molecule has 30 heavy (non-hydrogen) atoms. The summed E-state index contributed by atoms with van der Waals surface area (Å²) in [5.41, 5.74) is 10.1. The van der Waals surface area contributed by atoms with E-state index in [1.165, 1.54) is 17.3 Å². The summed E-state index contributed by atoms with van der Waals surface area (Å²) in [6, 6.07) is 18.8. The summed E-state index contributed by atoms with van der Waals surface area (Å²) >= 11 is 1.44. The first-order chi connectivity index (χ1) is 14.7. The molecule has 3 unspecified atom stereocenters. The van der Waals surface area contributed by atoms with Gasteiger partial charge in [0.25, 0.3) is 0 Å². The van der Waals surface area contributed by atoms with Gasteiger partial charge in [0.2, 0.25) is 5.91 Å². The molecule has 154 valence electrons. The van der Waals surface area contributed by atoms with Crippen molar-refractivity contribution in [2.75, 3.05) is 11.1 Å². The molecular formula is C22H24N6OS. The number of aryl methyl sites for hydroxylation is 1. The van der Waals surface area contributed by atoms with E-state index in [1.54, 1.807) is 0 Å². The maximum absolute atomic E-state index is 12.4. The predicted octanol–water partition coefficient (Wildman–Crippen LogP) is 2.97. The number of carbonyl (C=O) groups is 1. The van der Waals surface area contributed by atoms with E-state index in [2.05, 4.69) is 61.6 Å². The zero-order valence-corrected chi connectivity index (χ0v) is 17.5. The van der Waals surface area contributed by atoms with Crippen LogP contribution in [-0.2, 0) is 4.79 Å². The standard InChI is InChI=1S/C22H24N6OS/c1-15-6-5-9-17(12-15)23-20(29)14-30-22-25-24-21-19-13-18(16-7-3-2-4-8-16)26-28(19)11-10-27(21)22/h2-12,18-19,21,24,26H,13-14H2,1H3,(H,23,29). The smallest absolute Gasteiger partial charge is 0.234 e. The second-order valence-electron chi connectivity index (χ2n) is 7.68. The summed E-state index contributed by atoms with van der Waals surface area (Å²) < 4.78 is 0. The SMILES string of the molecule is Cc1cccc(NC(=O)CSC2=NNC3C4CC(c5ccccc5)NN4C=CN23)c1.